The van der Waals surface area contributed by atoms with E-state index in [2.05, 4.69) is 18.9 Å². The first-order chi connectivity index (χ1) is 5.84. The zero-order valence-electron chi connectivity index (χ0n) is 8.44. The molecule has 0 saturated heterocycles. The van der Waals surface area contributed by atoms with E-state index in [0.29, 0.717) is 6.04 Å². The van der Waals surface area contributed by atoms with Crippen molar-refractivity contribution in [3.63, 3.8) is 0 Å². The second-order valence-electron chi connectivity index (χ2n) is 3.33. The van der Waals surface area contributed by atoms with E-state index in [9.17, 15) is 0 Å². The Bertz CT molecular complexity index is 197. The zero-order chi connectivity index (χ0) is 8.81. The molecule has 0 aliphatic rings. The molecule has 0 aliphatic carbocycles. The fourth-order valence-electron chi connectivity index (χ4n) is 1.36. The van der Waals surface area contributed by atoms with Gasteiger partial charge in [-0.25, -0.2) is 0 Å². The predicted octanol–water partition coefficient (Wildman–Crippen LogP) is 3.45. The molecule has 0 N–H and O–H groups in total. The number of hydrogen-bond acceptors (Lipinski definition) is 1. The van der Waals surface area contributed by atoms with Crippen molar-refractivity contribution in [2.24, 2.45) is 0 Å². The third kappa shape index (κ3) is 4.32. The standard InChI is InChI=1S/C10H18N2.ClH/c1-3-4-5-7-10(2)12-9-6-8-11-12;/h6,8-10H,3-5,7H2,1-2H3;1H. The molecule has 1 heterocycles. The summed E-state index contributed by atoms with van der Waals surface area (Å²) in [6, 6.07) is 2.54. The van der Waals surface area contributed by atoms with E-state index < -0.39 is 0 Å². The molecule has 0 aliphatic heterocycles. The molecular formula is C10H19ClN2. The van der Waals surface area contributed by atoms with Gasteiger partial charge in [-0.15, -0.1) is 12.4 Å². The third-order valence-electron chi connectivity index (χ3n) is 2.20. The third-order valence-corrected chi connectivity index (χ3v) is 2.20. The van der Waals surface area contributed by atoms with Gasteiger partial charge in [-0.1, -0.05) is 26.2 Å². The van der Waals surface area contributed by atoms with Crippen LogP contribution in [-0.2, 0) is 0 Å². The summed E-state index contributed by atoms with van der Waals surface area (Å²) in [4.78, 5) is 0. The normalized spacial score (nSPS) is 12.2. The molecule has 2 nitrogen and oxygen atoms in total. The molecule has 0 amide bonds. The summed E-state index contributed by atoms with van der Waals surface area (Å²) in [7, 11) is 0. The van der Waals surface area contributed by atoms with Crippen molar-refractivity contribution in [3.05, 3.63) is 18.5 Å². The summed E-state index contributed by atoms with van der Waals surface area (Å²) in [5, 5.41) is 4.21. The van der Waals surface area contributed by atoms with E-state index in [1.165, 1.54) is 25.7 Å². The first kappa shape index (κ1) is 12.5. The Morgan fingerprint density at radius 1 is 1.38 bits per heavy atom. The molecule has 76 valence electrons. The highest BCUT2D eigenvalue weighted by molar-refractivity contribution is 5.85. The molecule has 0 saturated carbocycles. The minimum absolute atomic E-state index is 0. The van der Waals surface area contributed by atoms with Crippen molar-refractivity contribution in [2.75, 3.05) is 0 Å². The summed E-state index contributed by atoms with van der Waals surface area (Å²) in [6.07, 6.45) is 9.08. The zero-order valence-corrected chi connectivity index (χ0v) is 9.26. The average Bonchev–Trinajstić information content (AvgIpc) is 2.56. The molecule has 1 aromatic rings. The summed E-state index contributed by atoms with van der Waals surface area (Å²) >= 11 is 0. The van der Waals surface area contributed by atoms with Gasteiger partial charge in [0.05, 0.1) is 0 Å². The fraction of sp³-hybridized carbons (Fsp3) is 0.700. The van der Waals surface area contributed by atoms with Crippen LogP contribution in [0.25, 0.3) is 0 Å². The van der Waals surface area contributed by atoms with Crippen LogP contribution in [0, 0.1) is 0 Å². The quantitative estimate of drug-likeness (QED) is 0.669. The second-order valence-corrected chi connectivity index (χ2v) is 3.33. The van der Waals surface area contributed by atoms with Crippen LogP contribution in [0.4, 0.5) is 0 Å². The Balaban J connectivity index is 0.00000144. The number of nitrogens with zero attached hydrogens (tertiary/aromatic N) is 2. The van der Waals surface area contributed by atoms with Gasteiger partial charge in [-0.3, -0.25) is 4.68 Å². The average molecular weight is 203 g/mol. The van der Waals surface area contributed by atoms with Crippen LogP contribution in [0.2, 0.25) is 0 Å². The maximum atomic E-state index is 4.21. The van der Waals surface area contributed by atoms with Gasteiger partial charge < -0.3 is 0 Å². The molecule has 1 atom stereocenters. The molecule has 0 radical (unpaired) electrons. The first-order valence-electron chi connectivity index (χ1n) is 4.83. The summed E-state index contributed by atoms with van der Waals surface area (Å²) in [6.45, 7) is 4.46. The Kier molecular flexibility index (Phi) is 6.69. The van der Waals surface area contributed by atoms with Crippen LogP contribution in [0.1, 0.15) is 45.6 Å². The van der Waals surface area contributed by atoms with Gasteiger partial charge in [-0.05, 0) is 19.4 Å². The Hall–Kier alpha value is -0.500. The molecule has 1 aromatic heterocycles. The van der Waals surface area contributed by atoms with Gasteiger partial charge in [0.15, 0.2) is 0 Å². The van der Waals surface area contributed by atoms with Crippen molar-refractivity contribution in [1.82, 2.24) is 9.78 Å². The van der Waals surface area contributed by atoms with E-state index >= 15 is 0 Å². The topological polar surface area (TPSA) is 17.8 Å². The van der Waals surface area contributed by atoms with Crippen LogP contribution in [0.5, 0.6) is 0 Å². The van der Waals surface area contributed by atoms with E-state index in [-0.39, 0.29) is 12.4 Å². The highest BCUT2D eigenvalue weighted by Gasteiger charge is 2.02. The van der Waals surface area contributed by atoms with Crippen molar-refractivity contribution >= 4 is 12.4 Å². The lowest BCUT2D eigenvalue weighted by molar-refractivity contribution is 0.438. The number of aromatic nitrogens is 2. The Labute approximate surface area is 86.7 Å². The van der Waals surface area contributed by atoms with Gasteiger partial charge in [0.25, 0.3) is 0 Å². The van der Waals surface area contributed by atoms with Crippen molar-refractivity contribution in [2.45, 2.75) is 45.6 Å². The molecular weight excluding hydrogens is 184 g/mol. The largest absolute Gasteiger partial charge is 0.270 e. The lowest BCUT2D eigenvalue weighted by atomic mass is 10.1. The van der Waals surface area contributed by atoms with E-state index in [1.807, 2.05) is 23.1 Å². The summed E-state index contributed by atoms with van der Waals surface area (Å²) in [5.41, 5.74) is 0. The number of hydrogen-bond donors (Lipinski definition) is 0. The van der Waals surface area contributed by atoms with Gasteiger partial charge in [0.2, 0.25) is 0 Å². The van der Waals surface area contributed by atoms with E-state index in [0.717, 1.165) is 0 Å². The van der Waals surface area contributed by atoms with Crippen LogP contribution in [0.15, 0.2) is 18.5 Å². The van der Waals surface area contributed by atoms with Gasteiger partial charge in [0.1, 0.15) is 0 Å². The number of halogens is 1. The minimum Gasteiger partial charge on any atom is -0.270 e. The molecule has 1 unspecified atom stereocenters. The minimum atomic E-state index is 0. The van der Waals surface area contributed by atoms with Crippen molar-refractivity contribution in [1.29, 1.82) is 0 Å². The highest BCUT2D eigenvalue weighted by Crippen LogP contribution is 2.13. The second kappa shape index (κ2) is 6.96. The van der Waals surface area contributed by atoms with Gasteiger partial charge >= 0.3 is 0 Å². The molecule has 0 bridgehead atoms. The number of rotatable bonds is 5. The monoisotopic (exact) mass is 202 g/mol. The lowest BCUT2D eigenvalue weighted by Crippen LogP contribution is -2.04. The van der Waals surface area contributed by atoms with Crippen molar-refractivity contribution in [3.8, 4) is 0 Å². The van der Waals surface area contributed by atoms with E-state index in [4.69, 9.17) is 0 Å². The molecule has 0 aromatic carbocycles. The summed E-state index contributed by atoms with van der Waals surface area (Å²) < 4.78 is 2.04. The van der Waals surface area contributed by atoms with Gasteiger partial charge in [0, 0.05) is 18.4 Å². The van der Waals surface area contributed by atoms with Crippen LogP contribution in [0.3, 0.4) is 0 Å². The Morgan fingerprint density at radius 3 is 2.69 bits per heavy atom. The Morgan fingerprint density at radius 2 is 2.15 bits per heavy atom. The molecule has 1 rings (SSSR count). The predicted molar refractivity (Wildman–Crippen MR) is 58.3 cm³/mol. The summed E-state index contributed by atoms with van der Waals surface area (Å²) in [5.74, 6) is 0. The molecule has 0 fully saturated rings. The van der Waals surface area contributed by atoms with Crippen LogP contribution >= 0.6 is 12.4 Å². The van der Waals surface area contributed by atoms with Crippen molar-refractivity contribution < 1.29 is 0 Å². The maximum absolute atomic E-state index is 4.21. The first-order valence-corrected chi connectivity index (χ1v) is 4.83. The lowest BCUT2D eigenvalue weighted by Gasteiger charge is -2.10. The van der Waals surface area contributed by atoms with Crippen LogP contribution < -0.4 is 0 Å². The molecule has 0 spiro atoms. The fourth-order valence-corrected chi connectivity index (χ4v) is 1.36. The maximum Gasteiger partial charge on any atom is 0.0491 e. The van der Waals surface area contributed by atoms with Gasteiger partial charge in [-0.2, -0.15) is 5.10 Å². The highest BCUT2D eigenvalue weighted by atomic mass is 35.5. The SMILES string of the molecule is CCCCCC(C)n1cccn1.Cl. The molecule has 13 heavy (non-hydrogen) atoms. The number of unbranched alkanes of at least 4 members (excludes halogenated alkanes) is 2. The smallest absolute Gasteiger partial charge is 0.0491 e. The van der Waals surface area contributed by atoms with Crippen LogP contribution in [-0.4, -0.2) is 9.78 Å². The van der Waals surface area contributed by atoms with E-state index in [1.54, 1.807) is 0 Å². The molecule has 3 heteroatoms.